The molecule has 0 radical (unpaired) electrons. The number of nitrogens with zero attached hydrogens (tertiary/aromatic N) is 4. The first-order chi connectivity index (χ1) is 9.74. The van der Waals surface area contributed by atoms with Gasteiger partial charge >= 0.3 is 0 Å². The summed E-state index contributed by atoms with van der Waals surface area (Å²) in [5.41, 5.74) is 2.51. The second-order valence-corrected chi connectivity index (χ2v) is 5.51. The molecular weight excluding hydrogens is 296 g/mol. The highest BCUT2D eigenvalue weighted by molar-refractivity contribution is 7.13. The lowest BCUT2D eigenvalue weighted by Gasteiger charge is -1.97. The zero-order chi connectivity index (χ0) is 13.9. The average molecular weight is 307 g/mol. The van der Waals surface area contributed by atoms with E-state index in [0.29, 0.717) is 17.3 Å². The molecule has 0 saturated carbocycles. The number of hydrogen-bond acceptors (Lipinski definition) is 5. The minimum atomic E-state index is -0.104. The zero-order valence-corrected chi connectivity index (χ0v) is 12.0. The van der Waals surface area contributed by atoms with E-state index in [0.717, 1.165) is 16.3 Å². The molecule has 20 heavy (non-hydrogen) atoms. The van der Waals surface area contributed by atoms with E-state index in [1.165, 1.54) is 0 Å². The molecule has 0 unspecified atom stereocenters. The smallest absolute Gasteiger partial charge is 0.123 e. The van der Waals surface area contributed by atoms with Gasteiger partial charge in [-0.2, -0.15) is 0 Å². The van der Waals surface area contributed by atoms with Gasteiger partial charge in [-0.05, 0) is 12.1 Å². The summed E-state index contributed by atoms with van der Waals surface area (Å²) in [6.07, 6.45) is 1.71. The molecule has 0 spiro atoms. The lowest BCUT2D eigenvalue weighted by molar-refractivity contribution is 0.276. The molecule has 1 aromatic carbocycles. The predicted molar refractivity (Wildman–Crippen MR) is 77.6 cm³/mol. The van der Waals surface area contributed by atoms with Crippen molar-refractivity contribution < 1.29 is 5.11 Å². The molecule has 0 saturated heterocycles. The van der Waals surface area contributed by atoms with Crippen LogP contribution in [0.4, 0.5) is 0 Å². The van der Waals surface area contributed by atoms with Crippen molar-refractivity contribution >= 4 is 22.9 Å². The maximum Gasteiger partial charge on any atom is 0.123 e. The van der Waals surface area contributed by atoms with E-state index in [4.69, 9.17) is 16.7 Å². The van der Waals surface area contributed by atoms with Crippen LogP contribution in [-0.2, 0) is 13.2 Å². The van der Waals surface area contributed by atoms with Crippen molar-refractivity contribution in [1.82, 2.24) is 20.0 Å². The molecule has 2 aromatic heterocycles. The lowest BCUT2D eigenvalue weighted by atomic mass is 10.2. The van der Waals surface area contributed by atoms with Crippen molar-refractivity contribution in [2.75, 3.05) is 0 Å². The number of hydrogen-bond donors (Lipinski definition) is 1. The van der Waals surface area contributed by atoms with Gasteiger partial charge in [0, 0.05) is 16.0 Å². The fraction of sp³-hybridized carbons (Fsp3) is 0.154. The molecule has 3 aromatic rings. The standard InChI is InChI=1S/C13H11ClN4OS/c14-10-3-1-9(2-4-10)13-15-12(8-20-13)6-18-5-11(7-19)16-17-18/h1-5,8,19H,6-7H2. The molecule has 2 heterocycles. The van der Waals surface area contributed by atoms with Crippen LogP contribution in [0.5, 0.6) is 0 Å². The monoisotopic (exact) mass is 306 g/mol. The Kier molecular flexibility index (Phi) is 3.77. The maximum atomic E-state index is 8.95. The summed E-state index contributed by atoms with van der Waals surface area (Å²) in [5.74, 6) is 0. The molecule has 3 rings (SSSR count). The highest BCUT2D eigenvalue weighted by Crippen LogP contribution is 2.25. The molecule has 0 atom stereocenters. The number of aromatic nitrogens is 4. The average Bonchev–Trinajstić information content (AvgIpc) is 3.09. The highest BCUT2D eigenvalue weighted by atomic mass is 35.5. The van der Waals surface area contributed by atoms with Crippen molar-refractivity contribution in [1.29, 1.82) is 0 Å². The van der Waals surface area contributed by atoms with Gasteiger partial charge in [0.25, 0.3) is 0 Å². The van der Waals surface area contributed by atoms with Gasteiger partial charge in [0.05, 0.1) is 25.0 Å². The molecule has 0 bridgehead atoms. The first-order valence-corrected chi connectivity index (χ1v) is 7.20. The van der Waals surface area contributed by atoms with E-state index in [1.807, 2.05) is 29.6 Å². The molecule has 0 fully saturated rings. The highest BCUT2D eigenvalue weighted by Gasteiger charge is 2.07. The third-order valence-electron chi connectivity index (χ3n) is 2.72. The van der Waals surface area contributed by atoms with E-state index in [2.05, 4.69) is 15.3 Å². The van der Waals surface area contributed by atoms with Crippen LogP contribution in [0.15, 0.2) is 35.8 Å². The number of benzene rings is 1. The van der Waals surface area contributed by atoms with Crippen molar-refractivity contribution in [3.8, 4) is 10.6 Å². The Morgan fingerprint density at radius 1 is 1.20 bits per heavy atom. The summed E-state index contributed by atoms with van der Waals surface area (Å²) in [4.78, 5) is 4.56. The third kappa shape index (κ3) is 2.87. The number of rotatable bonds is 4. The second-order valence-electron chi connectivity index (χ2n) is 4.22. The van der Waals surface area contributed by atoms with E-state index < -0.39 is 0 Å². The van der Waals surface area contributed by atoms with E-state index in [9.17, 15) is 0 Å². The minimum absolute atomic E-state index is 0.104. The summed E-state index contributed by atoms with van der Waals surface area (Å²) in [6, 6.07) is 7.60. The van der Waals surface area contributed by atoms with E-state index in [1.54, 1.807) is 22.2 Å². The third-order valence-corrected chi connectivity index (χ3v) is 3.91. The summed E-state index contributed by atoms with van der Waals surface area (Å²) in [7, 11) is 0. The van der Waals surface area contributed by atoms with E-state index >= 15 is 0 Å². The molecular formula is C13H11ClN4OS. The van der Waals surface area contributed by atoms with E-state index in [-0.39, 0.29) is 6.61 Å². The summed E-state index contributed by atoms with van der Waals surface area (Å²) in [6.45, 7) is 0.435. The Hall–Kier alpha value is -1.76. The Morgan fingerprint density at radius 3 is 2.70 bits per heavy atom. The summed E-state index contributed by atoms with van der Waals surface area (Å²) in [5, 5.41) is 20.4. The largest absolute Gasteiger partial charge is 0.390 e. The normalized spacial score (nSPS) is 10.9. The predicted octanol–water partition coefficient (Wildman–Crippen LogP) is 2.60. The van der Waals surface area contributed by atoms with Crippen molar-refractivity contribution in [2.45, 2.75) is 13.2 Å². The van der Waals surface area contributed by atoms with Crippen LogP contribution in [0.1, 0.15) is 11.4 Å². The van der Waals surface area contributed by atoms with Crippen LogP contribution >= 0.6 is 22.9 Å². The summed E-state index contributed by atoms with van der Waals surface area (Å²) < 4.78 is 1.66. The second kappa shape index (κ2) is 5.70. The SMILES string of the molecule is OCc1cn(Cc2csc(-c3ccc(Cl)cc3)n2)nn1. The minimum Gasteiger partial charge on any atom is -0.390 e. The van der Waals surface area contributed by atoms with Crippen LogP contribution < -0.4 is 0 Å². The molecule has 0 aliphatic rings. The Balaban J connectivity index is 1.78. The molecule has 0 aliphatic carbocycles. The number of thiazole rings is 1. The van der Waals surface area contributed by atoms with Crippen LogP contribution in [0.2, 0.25) is 5.02 Å². The number of aliphatic hydroxyl groups excluding tert-OH is 1. The molecule has 102 valence electrons. The van der Waals surface area contributed by atoms with Gasteiger partial charge < -0.3 is 5.11 Å². The molecule has 0 aliphatic heterocycles. The Labute approximate surface area is 124 Å². The van der Waals surface area contributed by atoms with Crippen LogP contribution in [-0.4, -0.2) is 25.1 Å². The quantitative estimate of drug-likeness (QED) is 0.804. The van der Waals surface area contributed by atoms with Crippen LogP contribution in [0, 0.1) is 0 Å². The van der Waals surface area contributed by atoms with Gasteiger partial charge in [0.2, 0.25) is 0 Å². The van der Waals surface area contributed by atoms with Gasteiger partial charge in [-0.25, -0.2) is 9.67 Å². The lowest BCUT2D eigenvalue weighted by Crippen LogP contribution is -2.00. The number of halogens is 1. The zero-order valence-electron chi connectivity index (χ0n) is 10.4. The maximum absolute atomic E-state index is 8.95. The Morgan fingerprint density at radius 2 is 2.00 bits per heavy atom. The van der Waals surface area contributed by atoms with Crippen LogP contribution in [0.3, 0.4) is 0 Å². The molecule has 5 nitrogen and oxygen atoms in total. The first kappa shape index (κ1) is 13.2. The van der Waals surface area contributed by atoms with Gasteiger partial charge in [-0.15, -0.1) is 16.4 Å². The molecule has 1 N–H and O–H groups in total. The van der Waals surface area contributed by atoms with Gasteiger partial charge in [0.15, 0.2) is 0 Å². The topological polar surface area (TPSA) is 63.8 Å². The van der Waals surface area contributed by atoms with Crippen LogP contribution in [0.25, 0.3) is 10.6 Å². The van der Waals surface area contributed by atoms with Gasteiger partial charge in [-0.3, -0.25) is 0 Å². The van der Waals surface area contributed by atoms with Gasteiger partial charge in [0.1, 0.15) is 10.7 Å². The molecule has 0 amide bonds. The Bertz CT molecular complexity index is 707. The van der Waals surface area contributed by atoms with Crippen molar-refractivity contribution in [3.05, 3.63) is 52.3 Å². The summed E-state index contributed by atoms with van der Waals surface area (Å²) >= 11 is 7.45. The number of aliphatic hydroxyl groups is 1. The fourth-order valence-electron chi connectivity index (χ4n) is 1.76. The van der Waals surface area contributed by atoms with Gasteiger partial charge in [-0.1, -0.05) is 28.9 Å². The molecule has 7 heteroatoms. The first-order valence-electron chi connectivity index (χ1n) is 5.95. The van der Waals surface area contributed by atoms with Crippen molar-refractivity contribution in [2.24, 2.45) is 0 Å². The van der Waals surface area contributed by atoms with Crippen molar-refractivity contribution in [3.63, 3.8) is 0 Å². The fourth-order valence-corrected chi connectivity index (χ4v) is 2.70.